The van der Waals surface area contributed by atoms with Crippen molar-refractivity contribution in [1.82, 2.24) is 0 Å². The van der Waals surface area contributed by atoms with Gasteiger partial charge >= 0.3 is 17.1 Å². The van der Waals surface area contributed by atoms with E-state index in [-0.39, 0.29) is 17.1 Å². The fraction of sp³-hybridized carbons (Fsp3) is 0.100. The van der Waals surface area contributed by atoms with Crippen molar-refractivity contribution in [3.63, 3.8) is 0 Å². The number of allylic oxidation sites excluding steroid dienone is 1. The Morgan fingerprint density at radius 1 is 0.952 bits per heavy atom. The number of hydrogen-bond donors (Lipinski definition) is 0. The molecular weight excluding hydrogens is 296 g/mol. The molecule has 4 rings (SSSR count). The Morgan fingerprint density at radius 2 is 1.67 bits per heavy atom. The molecule has 0 fully saturated rings. The molecule has 0 bridgehead atoms. The van der Waals surface area contributed by atoms with Crippen LogP contribution in [0.1, 0.15) is 18.1 Å². The van der Waals surface area contributed by atoms with Crippen LogP contribution in [-0.4, -0.2) is 0 Å². The zero-order valence-corrected chi connectivity index (χ0v) is 13.2. The van der Waals surface area contributed by atoms with Crippen LogP contribution < -0.4 is 0 Å². The van der Waals surface area contributed by atoms with Crippen molar-refractivity contribution < 1.29 is 17.1 Å². The molecule has 3 aromatic carbocycles. The Morgan fingerprint density at radius 3 is 2.29 bits per heavy atom. The molecule has 0 saturated heterocycles. The van der Waals surface area contributed by atoms with Gasteiger partial charge in [-0.1, -0.05) is 40.5 Å². The van der Waals surface area contributed by atoms with E-state index >= 15 is 0 Å². The molecule has 21 heavy (non-hydrogen) atoms. The van der Waals surface area contributed by atoms with Crippen molar-refractivity contribution in [1.29, 1.82) is 0 Å². The van der Waals surface area contributed by atoms with Crippen LogP contribution in [0.5, 0.6) is 0 Å². The molecule has 1 aliphatic rings. The maximum Gasteiger partial charge on any atom is 2.00 e. The van der Waals surface area contributed by atoms with Crippen LogP contribution in [0.3, 0.4) is 0 Å². The van der Waals surface area contributed by atoms with Crippen LogP contribution in [0.25, 0.3) is 17.2 Å². The van der Waals surface area contributed by atoms with Gasteiger partial charge in [-0.05, 0) is 13.3 Å². The molecule has 1 heteroatoms. The van der Waals surface area contributed by atoms with Crippen molar-refractivity contribution in [3.8, 4) is 11.1 Å². The van der Waals surface area contributed by atoms with Gasteiger partial charge in [0, 0.05) is 0 Å². The molecule has 0 spiro atoms. The predicted octanol–water partition coefficient (Wildman–Crippen LogP) is 5.43. The van der Waals surface area contributed by atoms with E-state index < -0.39 is 0 Å². The predicted molar refractivity (Wildman–Crippen MR) is 86.9 cm³/mol. The maximum absolute atomic E-state index is 2.32. The quantitative estimate of drug-likeness (QED) is 0.415. The molecule has 0 amide bonds. The normalized spacial score (nSPS) is 11.8. The number of hydrogen-bond acceptors (Lipinski definition) is 0. The summed E-state index contributed by atoms with van der Waals surface area (Å²) in [5.41, 5.74) is 7.04. The van der Waals surface area contributed by atoms with E-state index in [1.54, 1.807) is 0 Å². The average Bonchev–Trinajstić information content (AvgIpc) is 3.21. The first-order valence-electron chi connectivity index (χ1n) is 7.02. The summed E-state index contributed by atoms with van der Waals surface area (Å²) in [5, 5.41) is 0. The van der Waals surface area contributed by atoms with Gasteiger partial charge in [0.2, 0.25) is 0 Å². The van der Waals surface area contributed by atoms with Gasteiger partial charge in [-0.2, -0.15) is 30.3 Å². The van der Waals surface area contributed by atoms with Crippen molar-refractivity contribution in [2.45, 2.75) is 13.3 Å². The van der Waals surface area contributed by atoms with Gasteiger partial charge < -0.3 is 0 Å². The Kier molecular flexibility index (Phi) is 5.38. The molecule has 3 aromatic rings. The second-order valence-corrected chi connectivity index (χ2v) is 5.18. The van der Waals surface area contributed by atoms with Crippen molar-refractivity contribution in [2.75, 3.05) is 0 Å². The van der Waals surface area contributed by atoms with Gasteiger partial charge in [0.1, 0.15) is 0 Å². The Labute approximate surface area is 137 Å². The standard InChI is InChI=1S/C15H13.C5H5.Fe/c1-11-9-13-7-4-8-14(15(13)10-11)12-5-2-3-6-12;1-2-4-5-3-1;/h2-8,10H,9H2,1H3;1-5H;/q2*-1;+2. The minimum Gasteiger partial charge on any atom is -0.214 e. The molecule has 0 saturated carbocycles. The van der Waals surface area contributed by atoms with Crippen LogP contribution in [0.4, 0.5) is 0 Å². The maximum atomic E-state index is 2.32. The molecule has 106 valence electrons. The van der Waals surface area contributed by atoms with Crippen LogP contribution in [-0.2, 0) is 23.5 Å². The zero-order valence-electron chi connectivity index (χ0n) is 12.1. The number of fused-ring (bicyclic) bond motifs is 1. The Hall–Kier alpha value is -1.82. The van der Waals surface area contributed by atoms with Gasteiger partial charge in [-0.25, -0.2) is 12.1 Å². The molecule has 0 N–H and O–H groups in total. The first-order chi connectivity index (χ1) is 9.84. The van der Waals surface area contributed by atoms with Crippen LogP contribution in [0.2, 0.25) is 0 Å². The summed E-state index contributed by atoms with van der Waals surface area (Å²) < 4.78 is 0. The van der Waals surface area contributed by atoms with Crippen molar-refractivity contribution in [3.05, 3.63) is 89.5 Å². The summed E-state index contributed by atoms with van der Waals surface area (Å²) >= 11 is 0. The molecule has 0 heterocycles. The van der Waals surface area contributed by atoms with E-state index in [1.165, 1.54) is 27.8 Å². The number of benzene rings is 1. The molecule has 0 aliphatic heterocycles. The largest absolute Gasteiger partial charge is 2.00 e. The van der Waals surface area contributed by atoms with E-state index in [9.17, 15) is 0 Å². The van der Waals surface area contributed by atoms with Gasteiger partial charge in [0.15, 0.2) is 0 Å². The topological polar surface area (TPSA) is 0 Å². The molecular formula is C20H18Fe. The second-order valence-electron chi connectivity index (χ2n) is 5.18. The minimum atomic E-state index is 0. The molecule has 0 atom stereocenters. The van der Waals surface area contributed by atoms with E-state index in [0.717, 1.165) is 6.42 Å². The number of rotatable bonds is 1. The third kappa shape index (κ3) is 3.64. The fourth-order valence-corrected chi connectivity index (χ4v) is 2.66. The third-order valence-corrected chi connectivity index (χ3v) is 3.59. The smallest absolute Gasteiger partial charge is 0.214 e. The first-order valence-corrected chi connectivity index (χ1v) is 7.02. The monoisotopic (exact) mass is 314 g/mol. The van der Waals surface area contributed by atoms with Gasteiger partial charge in [-0.3, -0.25) is 0 Å². The van der Waals surface area contributed by atoms with Gasteiger partial charge in [0.25, 0.3) is 0 Å². The van der Waals surface area contributed by atoms with E-state index in [0.29, 0.717) is 0 Å². The molecule has 0 nitrogen and oxygen atoms in total. The van der Waals surface area contributed by atoms with Gasteiger partial charge in [0.05, 0.1) is 0 Å². The van der Waals surface area contributed by atoms with Crippen LogP contribution in [0.15, 0.2) is 78.4 Å². The van der Waals surface area contributed by atoms with E-state index in [2.05, 4.69) is 55.5 Å². The zero-order chi connectivity index (χ0) is 13.8. The fourth-order valence-electron chi connectivity index (χ4n) is 2.66. The average molecular weight is 314 g/mol. The summed E-state index contributed by atoms with van der Waals surface area (Å²) in [4.78, 5) is 0. The summed E-state index contributed by atoms with van der Waals surface area (Å²) in [6.45, 7) is 2.20. The van der Waals surface area contributed by atoms with Gasteiger partial charge in [-0.15, -0.1) is 23.8 Å². The molecule has 0 radical (unpaired) electrons. The van der Waals surface area contributed by atoms with Crippen LogP contribution in [0, 0.1) is 0 Å². The third-order valence-electron chi connectivity index (χ3n) is 3.59. The SMILES string of the molecule is CC1=Cc2c(cccc2-[c-]2cccc2)C1.[Fe+2].c1cc[cH-]c1. The molecule has 1 aliphatic carbocycles. The van der Waals surface area contributed by atoms with Crippen LogP contribution >= 0.6 is 0 Å². The first kappa shape index (κ1) is 15.6. The summed E-state index contributed by atoms with van der Waals surface area (Å²) in [6.07, 6.45) is 3.43. The Bertz CT molecular complexity index is 668. The summed E-state index contributed by atoms with van der Waals surface area (Å²) in [6, 6.07) is 25.2. The van der Waals surface area contributed by atoms with Crippen molar-refractivity contribution >= 4 is 6.08 Å². The molecule has 0 aromatic heterocycles. The van der Waals surface area contributed by atoms with Crippen molar-refractivity contribution in [2.24, 2.45) is 0 Å². The second kappa shape index (κ2) is 7.26. The van der Waals surface area contributed by atoms with E-state index in [4.69, 9.17) is 0 Å². The summed E-state index contributed by atoms with van der Waals surface area (Å²) in [7, 11) is 0. The summed E-state index contributed by atoms with van der Waals surface area (Å²) in [5.74, 6) is 0. The molecule has 0 unspecified atom stereocenters. The Balaban J connectivity index is 0.000000231. The minimum absolute atomic E-state index is 0. The van der Waals surface area contributed by atoms with E-state index in [1.807, 2.05) is 30.3 Å².